The molecule has 2 fully saturated rings. The van der Waals surface area contributed by atoms with E-state index in [4.69, 9.17) is 4.74 Å². The van der Waals surface area contributed by atoms with Gasteiger partial charge in [0.25, 0.3) is 11.8 Å². The predicted octanol–water partition coefficient (Wildman–Crippen LogP) is 2.98. The van der Waals surface area contributed by atoms with E-state index in [1.54, 1.807) is 41.3 Å². The molecule has 0 saturated carbocycles. The summed E-state index contributed by atoms with van der Waals surface area (Å²) < 4.78 is 33.1. The second kappa shape index (κ2) is 10.5. The molecule has 0 aromatic heterocycles. The van der Waals surface area contributed by atoms with Gasteiger partial charge in [-0.3, -0.25) is 9.59 Å². The number of nitrogens with zero attached hydrogens (tertiary/aromatic N) is 2. The van der Waals surface area contributed by atoms with Crippen LogP contribution >= 0.6 is 0 Å². The normalized spacial score (nSPS) is 17.9. The van der Waals surface area contributed by atoms with E-state index in [0.717, 1.165) is 25.7 Å². The van der Waals surface area contributed by atoms with Crippen molar-refractivity contribution >= 4 is 27.5 Å². The van der Waals surface area contributed by atoms with Crippen molar-refractivity contribution in [2.24, 2.45) is 0 Å². The molecule has 2 saturated heterocycles. The molecule has 4 rings (SSSR count). The number of hydrogen-bond acceptors (Lipinski definition) is 5. The summed E-state index contributed by atoms with van der Waals surface area (Å²) in [5.41, 5.74) is 1.00. The molecule has 33 heavy (non-hydrogen) atoms. The fourth-order valence-corrected chi connectivity index (χ4v) is 5.70. The van der Waals surface area contributed by atoms with Gasteiger partial charge in [-0.15, -0.1) is 0 Å². The van der Waals surface area contributed by atoms with E-state index in [-0.39, 0.29) is 16.4 Å². The number of nitrogens with one attached hydrogen (secondary N) is 1. The van der Waals surface area contributed by atoms with E-state index in [2.05, 4.69) is 5.32 Å². The first-order valence-electron chi connectivity index (χ1n) is 11.3. The summed E-state index contributed by atoms with van der Waals surface area (Å²) in [5, 5.41) is 2.79. The second-order valence-corrected chi connectivity index (χ2v) is 10.2. The Bertz CT molecular complexity index is 1100. The first-order valence-corrected chi connectivity index (χ1v) is 12.8. The molecule has 176 valence electrons. The molecule has 0 spiro atoms. The molecule has 2 aliphatic rings. The molecular formula is C24H29N3O5S. The zero-order chi connectivity index (χ0) is 23.3. The monoisotopic (exact) mass is 471 g/mol. The molecule has 0 bridgehead atoms. The van der Waals surface area contributed by atoms with E-state index < -0.39 is 15.9 Å². The number of morpholine rings is 1. The lowest BCUT2D eigenvalue weighted by Gasteiger charge is -2.27. The Hall–Kier alpha value is -2.75. The third-order valence-electron chi connectivity index (χ3n) is 6.00. The van der Waals surface area contributed by atoms with E-state index >= 15 is 0 Å². The largest absolute Gasteiger partial charge is 0.378 e. The van der Waals surface area contributed by atoms with Gasteiger partial charge in [-0.2, -0.15) is 4.31 Å². The summed E-state index contributed by atoms with van der Waals surface area (Å²) in [7, 11) is -3.67. The molecule has 0 aliphatic carbocycles. The van der Waals surface area contributed by atoms with Gasteiger partial charge in [-0.05, 0) is 43.2 Å². The van der Waals surface area contributed by atoms with Gasteiger partial charge < -0.3 is 15.0 Å². The van der Waals surface area contributed by atoms with Crippen molar-refractivity contribution in [2.75, 3.05) is 44.7 Å². The fraction of sp³-hybridized carbons (Fsp3) is 0.417. The Kier molecular flexibility index (Phi) is 7.42. The van der Waals surface area contributed by atoms with Crippen LogP contribution in [0.4, 0.5) is 5.69 Å². The van der Waals surface area contributed by atoms with Crippen molar-refractivity contribution in [1.29, 1.82) is 0 Å². The van der Waals surface area contributed by atoms with Crippen LogP contribution in [-0.2, 0) is 14.8 Å². The van der Waals surface area contributed by atoms with Gasteiger partial charge in [0.1, 0.15) is 0 Å². The third kappa shape index (κ3) is 5.43. The summed E-state index contributed by atoms with van der Waals surface area (Å²) in [5.74, 6) is -0.642. The van der Waals surface area contributed by atoms with Crippen molar-refractivity contribution in [1.82, 2.24) is 9.21 Å². The molecule has 2 aliphatic heterocycles. The lowest BCUT2D eigenvalue weighted by Crippen LogP contribution is -2.41. The molecule has 2 aromatic carbocycles. The van der Waals surface area contributed by atoms with E-state index in [1.165, 1.54) is 16.4 Å². The number of amides is 2. The molecule has 2 heterocycles. The van der Waals surface area contributed by atoms with Gasteiger partial charge >= 0.3 is 0 Å². The van der Waals surface area contributed by atoms with Gasteiger partial charge in [0.2, 0.25) is 10.0 Å². The average Bonchev–Trinajstić information content (AvgIpc) is 3.15. The van der Waals surface area contributed by atoms with Crippen LogP contribution in [0, 0.1) is 0 Å². The summed E-state index contributed by atoms with van der Waals surface area (Å²) in [6.07, 6.45) is 3.73. The first-order chi connectivity index (χ1) is 16.0. The zero-order valence-electron chi connectivity index (χ0n) is 18.5. The first kappa shape index (κ1) is 23.4. The standard InChI is InChI=1S/C24H29N3O5S/c28-23(25-22-11-4-3-10-21(22)24(29)26-14-16-32-17-15-26)19-8-7-9-20(18-19)33(30,31)27-12-5-1-2-6-13-27/h3-4,7-11,18H,1-2,5-6,12-17H2,(H,25,28). The molecule has 1 N–H and O–H groups in total. The second-order valence-electron chi connectivity index (χ2n) is 8.25. The summed E-state index contributed by atoms with van der Waals surface area (Å²) in [4.78, 5) is 27.8. The number of carbonyl (C=O) groups is 2. The van der Waals surface area contributed by atoms with E-state index in [9.17, 15) is 18.0 Å². The highest BCUT2D eigenvalue weighted by molar-refractivity contribution is 7.89. The van der Waals surface area contributed by atoms with Gasteiger partial charge in [0, 0.05) is 31.7 Å². The third-order valence-corrected chi connectivity index (χ3v) is 7.90. The van der Waals surface area contributed by atoms with E-state index in [0.29, 0.717) is 50.6 Å². The quantitative estimate of drug-likeness (QED) is 0.723. The van der Waals surface area contributed by atoms with Crippen molar-refractivity contribution in [3.8, 4) is 0 Å². The van der Waals surface area contributed by atoms with Crippen molar-refractivity contribution < 1.29 is 22.7 Å². The minimum Gasteiger partial charge on any atom is -0.378 e. The summed E-state index contributed by atoms with van der Waals surface area (Å²) >= 11 is 0. The average molecular weight is 472 g/mol. The maximum atomic E-state index is 13.1. The maximum absolute atomic E-state index is 13.1. The van der Waals surface area contributed by atoms with Crippen LogP contribution < -0.4 is 5.32 Å². The highest BCUT2D eigenvalue weighted by Crippen LogP contribution is 2.23. The number of rotatable bonds is 5. The summed E-state index contributed by atoms with van der Waals surface area (Å²) in [6.45, 7) is 2.96. The minimum absolute atomic E-state index is 0.106. The number of ether oxygens (including phenoxy) is 1. The SMILES string of the molecule is O=C(Nc1ccccc1C(=O)N1CCOCC1)c1cccc(S(=O)(=O)N2CCCCCC2)c1. The van der Waals surface area contributed by atoms with Crippen molar-refractivity contribution in [3.63, 3.8) is 0 Å². The summed E-state index contributed by atoms with van der Waals surface area (Å²) in [6, 6.07) is 12.9. The molecule has 9 heteroatoms. The van der Waals surface area contributed by atoms with Crippen LogP contribution in [0.5, 0.6) is 0 Å². The Morgan fingerprint density at radius 1 is 0.848 bits per heavy atom. The highest BCUT2D eigenvalue weighted by Gasteiger charge is 2.26. The number of hydrogen-bond donors (Lipinski definition) is 1. The Morgan fingerprint density at radius 2 is 1.55 bits per heavy atom. The molecule has 0 radical (unpaired) electrons. The van der Waals surface area contributed by atoms with Gasteiger partial charge in [0.05, 0.1) is 29.4 Å². The van der Waals surface area contributed by atoms with E-state index in [1.807, 2.05) is 0 Å². The Morgan fingerprint density at radius 3 is 2.27 bits per heavy atom. The number of anilines is 1. The van der Waals surface area contributed by atoms with Crippen LogP contribution in [0.1, 0.15) is 46.4 Å². The van der Waals surface area contributed by atoms with Crippen LogP contribution in [0.15, 0.2) is 53.4 Å². The lowest BCUT2D eigenvalue weighted by atomic mass is 10.1. The number of para-hydroxylation sites is 1. The van der Waals surface area contributed by atoms with Crippen LogP contribution in [0.25, 0.3) is 0 Å². The smallest absolute Gasteiger partial charge is 0.256 e. The van der Waals surface area contributed by atoms with Crippen LogP contribution in [0.3, 0.4) is 0 Å². The van der Waals surface area contributed by atoms with Gasteiger partial charge in [-0.25, -0.2) is 8.42 Å². The maximum Gasteiger partial charge on any atom is 0.256 e. The Balaban J connectivity index is 1.54. The topological polar surface area (TPSA) is 96.0 Å². The molecule has 0 atom stereocenters. The molecule has 0 unspecified atom stereocenters. The zero-order valence-corrected chi connectivity index (χ0v) is 19.4. The minimum atomic E-state index is -3.67. The van der Waals surface area contributed by atoms with Crippen LogP contribution in [-0.4, -0.2) is 68.8 Å². The van der Waals surface area contributed by atoms with Gasteiger partial charge in [0.15, 0.2) is 0 Å². The molecule has 2 aromatic rings. The fourth-order valence-electron chi connectivity index (χ4n) is 4.14. The number of carbonyl (C=O) groups excluding carboxylic acids is 2. The predicted molar refractivity (Wildman–Crippen MR) is 125 cm³/mol. The van der Waals surface area contributed by atoms with Gasteiger partial charge in [-0.1, -0.05) is 31.0 Å². The van der Waals surface area contributed by atoms with Crippen molar-refractivity contribution in [3.05, 3.63) is 59.7 Å². The highest BCUT2D eigenvalue weighted by atomic mass is 32.2. The van der Waals surface area contributed by atoms with Crippen LogP contribution in [0.2, 0.25) is 0 Å². The number of sulfonamides is 1. The Labute approximate surface area is 194 Å². The molecule has 8 nitrogen and oxygen atoms in total. The van der Waals surface area contributed by atoms with Crippen molar-refractivity contribution in [2.45, 2.75) is 30.6 Å². The molecular weight excluding hydrogens is 442 g/mol. The lowest BCUT2D eigenvalue weighted by molar-refractivity contribution is 0.0303. The molecule has 2 amide bonds. The number of benzene rings is 2.